The van der Waals surface area contributed by atoms with Gasteiger partial charge in [0.2, 0.25) is 0 Å². The third-order valence-corrected chi connectivity index (χ3v) is 1.25. The van der Waals surface area contributed by atoms with Gasteiger partial charge in [0.05, 0.1) is 6.61 Å². The molecule has 0 spiro atoms. The molecule has 0 aromatic rings. The third kappa shape index (κ3) is 3.18. The molecule has 0 aliphatic heterocycles. The van der Waals surface area contributed by atoms with Gasteiger partial charge in [0.25, 0.3) is 0 Å². The van der Waals surface area contributed by atoms with E-state index in [9.17, 15) is 9.90 Å². The minimum absolute atomic E-state index is 0.336. The highest BCUT2D eigenvalue weighted by molar-refractivity contribution is 5.80. The molecule has 3 heteroatoms. The standard InChI is InChI=1S/C8H14O3/c1-4-6-11-7(9)8(3,10)5-2/h5,10H,2,4,6H2,1,3H3. The molecule has 0 heterocycles. The van der Waals surface area contributed by atoms with Crippen molar-refractivity contribution < 1.29 is 14.6 Å². The SMILES string of the molecule is C=CC(C)(O)C(=O)OCCC. The zero-order valence-corrected chi connectivity index (χ0v) is 6.96. The topological polar surface area (TPSA) is 46.5 Å². The Hall–Kier alpha value is -0.830. The minimum atomic E-state index is -1.55. The van der Waals surface area contributed by atoms with E-state index in [-0.39, 0.29) is 0 Å². The molecule has 1 N–H and O–H groups in total. The number of aliphatic hydroxyl groups is 1. The molecular weight excluding hydrogens is 144 g/mol. The number of esters is 1. The zero-order valence-electron chi connectivity index (χ0n) is 6.96. The molecule has 3 nitrogen and oxygen atoms in total. The maximum atomic E-state index is 10.9. The van der Waals surface area contributed by atoms with Gasteiger partial charge in [-0.25, -0.2) is 4.79 Å². The molecule has 0 aromatic carbocycles. The Labute approximate surface area is 66.7 Å². The summed E-state index contributed by atoms with van der Waals surface area (Å²) >= 11 is 0. The van der Waals surface area contributed by atoms with Crippen LogP contribution in [0.4, 0.5) is 0 Å². The number of carbonyl (C=O) groups is 1. The third-order valence-electron chi connectivity index (χ3n) is 1.25. The molecule has 0 bridgehead atoms. The molecule has 0 aliphatic carbocycles. The molecule has 0 rings (SSSR count). The molecule has 1 unspecified atom stereocenters. The van der Waals surface area contributed by atoms with Crippen LogP contribution in [0.1, 0.15) is 20.3 Å². The first-order chi connectivity index (χ1) is 5.04. The van der Waals surface area contributed by atoms with Crippen molar-refractivity contribution in [2.45, 2.75) is 25.9 Å². The van der Waals surface area contributed by atoms with Crippen LogP contribution in [0.5, 0.6) is 0 Å². The average molecular weight is 158 g/mol. The summed E-state index contributed by atoms with van der Waals surface area (Å²) in [7, 11) is 0. The van der Waals surface area contributed by atoms with Crippen molar-refractivity contribution >= 4 is 5.97 Å². The van der Waals surface area contributed by atoms with E-state index in [2.05, 4.69) is 11.3 Å². The van der Waals surface area contributed by atoms with E-state index in [0.717, 1.165) is 12.5 Å². The normalized spacial score (nSPS) is 15.2. The average Bonchev–Trinajstić information content (AvgIpc) is 2.00. The van der Waals surface area contributed by atoms with Gasteiger partial charge in [-0.2, -0.15) is 0 Å². The molecule has 0 fully saturated rings. The second-order valence-electron chi connectivity index (χ2n) is 2.49. The second kappa shape index (κ2) is 4.13. The fraction of sp³-hybridized carbons (Fsp3) is 0.625. The quantitative estimate of drug-likeness (QED) is 0.488. The first-order valence-electron chi connectivity index (χ1n) is 3.57. The minimum Gasteiger partial charge on any atom is -0.463 e. The number of rotatable bonds is 4. The summed E-state index contributed by atoms with van der Waals surface area (Å²) in [6.45, 7) is 6.88. The molecule has 0 saturated carbocycles. The van der Waals surface area contributed by atoms with Crippen molar-refractivity contribution in [1.29, 1.82) is 0 Å². The van der Waals surface area contributed by atoms with Crippen LogP contribution in [-0.4, -0.2) is 23.3 Å². The predicted molar refractivity (Wildman–Crippen MR) is 42.1 cm³/mol. The van der Waals surface area contributed by atoms with Crippen LogP contribution in [0.3, 0.4) is 0 Å². The van der Waals surface area contributed by atoms with Gasteiger partial charge in [0.1, 0.15) is 0 Å². The van der Waals surface area contributed by atoms with Crippen molar-refractivity contribution in [2.75, 3.05) is 6.61 Å². The Balaban J connectivity index is 3.91. The monoisotopic (exact) mass is 158 g/mol. The van der Waals surface area contributed by atoms with Gasteiger partial charge < -0.3 is 9.84 Å². The second-order valence-corrected chi connectivity index (χ2v) is 2.49. The van der Waals surface area contributed by atoms with E-state index < -0.39 is 11.6 Å². The van der Waals surface area contributed by atoms with Crippen LogP contribution in [0.2, 0.25) is 0 Å². The van der Waals surface area contributed by atoms with E-state index in [1.165, 1.54) is 6.92 Å². The van der Waals surface area contributed by atoms with Crippen LogP contribution in [0.15, 0.2) is 12.7 Å². The first kappa shape index (κ1) is 10.2. The number of carbonyl (C=O) groups excluding carboxylic acids is 1. The number of ether oxygens (including phenoxy) is 1. The number of hydrogen-bond acceptors (Lipinski definition) is 3. The van der Waals surface area contributed by atoms with E-state index in [4.69, 9.17) is 0 Å². The summed E-state index contributed by atoms with van der Waals surface area (Å²) in [5.41, 5.74) is -1.55. The van der Waals surface area contributed by atoms with E-state index in [0.29, 0.717) is 6.61 Å². The van der Waals surface area contributed by atoms with Crippen molar-refractivity contribution in [3.63, 3.8) is 0 Å². The highest BCUT2D eigenvalue weighted by Gasteiger charge is 2.27. The molecule has 0 aliphatic rings. The maximum Gasteiger partial charge on any atom is 0.341 e. The fourth-order valence-electron chi connectivity index (χ4n) is 0.424. The van der Waals surface area contributed by atoms with Crippen molar-refractivity contribution in [3.8, 4) is 0 Å². The Morgan fingerprint density at radius 2 is 2.36 bits per heavy atom. The van der Waals surface area contributed by atoms with Crippen molar-refractivity contribution in [2.24, 2.45) is 0 Å². The van der Waals surface area contributed by atoms with Gasteiger partial charge in [-0.1, -0.05) is 13.5 Å². The molecule has 0 radical (unpaired) electrons. The Morgan fingerprint density at radius 3 is 2.73 bits per heavy atom. The van der Waals surface area contributed by atoms with Gasteiger partial charge in [-0.3, -0.25) is 0 Å². The molecule has 0 saturated heterocycles. The molecule has 1 atom stereocenters. The maximum absolute atomic E-state index is 10.9. The summed E-state index contributed by atoms with van der Waals surface area (Å²) in [6, 6.07) is 0. The predicted octanol–water partition coefficient (Wildman–Crippen LogP) is 0.877. The Bertz CT molecular complexity index is 149. The lowest BCUT2D eigenvalue weighted by atomic mass is 10.1. The van der Waals surface area contributed by atoms with Gasteiger partial charge >= 0.3 is 5.97 Å². The van der Waals surface area contributed by atoms with E-state index in [1.807, 2.05) is 6.92 Å². The van der Waals surface area contributed by atoms with Crippen LogP contribution in [-0.2, 0) is 9.53 Å². The van der Waals surface area contributed by atoms with E-state index in [1.54, 1.807) is 0 Å². The fourth-order valence-corrected chi connectivity index (χ4v) is 0.424. The van der Waals surface area contributed by atoms with Crippen molar-refractivity contribution in [3.05, 3.63) is 12.7 Å². The van der Waals surface area contributed by atoms with Gasteiger partial charge in [-0.05, 0) is 19.4 Å². The lowest BCUT2D eigenvalue weighted by molar-refractivity contribution is -0.158. The summed E-state index contributed by atoms with van der Waals surface area (Å²) in [4.78, 5) is 10.9. The summed E-state index contributed by atoms with van der Waals surface area (Å²) in [5, 5.41) is 9.23. The largest absolute Gasteiger partial charge is 0.463 e. The first-order valence-corrected chi connectivity index (χ1v) is 3.57. The molecule has 0 amide bonds. The highest BCUT2D eigenvalue weighted by Crippen LogP contribution is 2.06. The van der Waals surface area contributed by atoms with Gasteiger partial charge in [-0.15, -0.1) is 0 Å². The molecule has 0 aromatic heterocycles. The summed E-state index contributed by atoms with van der Waals surface area (Å²) in [6.07, 6.45) is 1.91. The van der Waals surface area contributed by atoms with Crippen LogP contribution in [0, 0.1) is 0 Å². The van der Waals surface area contributed by atoms with Gasteiger partial charge in [0.15, 0.2) is 5.60 Å². The molecular formula is C8H14O3. The lowest BCUT2D eigenvalue weighted by Crippen LogP contribution is -2.34. The Morgan fingerprint density at radius 1 is 1.82 bits per heavy atom. The smallest absolute Gasteiger partial charge is 0.341 e. The summed E-state index contributed by atoms with van der Waals surface area (Å²) in [5.74, 6) is -0.644. The summed E-state index contributed by atoms with van der Waals surface area (Å²) < 4.78 is 4.69. The van der Waals surface area contributed by atoms with E-state index >= 15 is 0 Å². The lowest BCUT2D eigenvalue weighted by Gasteiger charge is -2.15. The Kier molecular flexibility index (Phi) is 3.82. The van der Waals surface area contributed by atoms with Gasteiger partial charge in [0, 0.05) is 0 Å². The highest BCUT2D eigenvalue weighted by atomic mass is 16.5. The molecule has 64 valence electrons. The molecule has 11 heavy (non-hydrogen) atoms. The van der Waals surface area contributed by atoms with Crippen molar-refractivity contribution in [1.82, 2.24) is 0 Å². The van der Waals surface area contributed by atoms with Crippen LogP contribution in [0.25, 0.3) is 0 Å². The van der Waals surface area contributed by atoms with Crippen LogP contribution >= 0.6 is 0 Å². The zero-order chi connectivity index (χ0) is 8.91. The number of hydrogen-bond donors (Lipinski definition) is 1. The van der Waals surface area contributed by atoms with Crippen LogP contribution < -0.4 is 0 Å².